The summed E-state index contributed by atoms with van der Waals surface area (Å²) in [7, 11) is 0. The van der Waals surface area contributed by atoms with Crippen molar-refractivity contribution in [1.82, 2.24) is 9.62 Å². The molecule has 0 aliphatic carbocycles. The lowest BCUT2D eigenvalue weighted by molar-refractivity contribution is 0.301. The summed E-state index contributed by atoms with van der Waals surface area (Å²) in [4.78, 5) is 0. The van der Waals surface area contributed by atoms with Crippen molar-refractivity contribution in [3.63, 3.8) is 0 Å². The van der Waals surface area contributed by atoms with Crippen LogP contribution >= 0.6 is 0 Å². The van der Waals surface area contributed by atoms with Gasteiger partial charge in [-0.2, -0.15) is 0 Å². The predicted molar refractivity (Wildman–Crippen MR) is 38.0 cm³/mol. The van der Waals surface area contributed by atoms with Crippen molar-refractivity contribution in [3.05, 3.63) is 0 Å². The third-order valence-corrected chi connectivity index (χ3v) is 2.30. The molecule has 0 spiro atoms. The first-order valence-electron chi connectivity index (χ1n) is 3.28. The molecule has 2 unspecified atom stereocenters. The van der Waals surface area contributed by atoms with Crippen molar-refractivity contribution in [2.45, 2.75) is 13.0 Å². The van der Waals surface area contributed by atoms with Gasteiger partial charge in [-0.25, -0.2) is 4.31 Å². The molecule has 1 rings (SSSR count). The maximum Gasteiger partial charge on any atom is 0.0254 e. The van der Waals surface area contributed by atoms with E-state index in [-0.39, 0.29) is 6.04 Å². The van der Waals surface area contributed by atoms with Gasteiger partial charge < -0.3 is 9.87 Å². The normalized spacial score (nSPS) is 32.0. The van der Waals surface area contributed by atoms with Crippen molar-refractivity contribution in [2.24, 2.45) is 0 Å². The minimum atomic E-state index is -2.03. The highest BCUT2D eigenvalue weighted by atomic mass is 32.2. The van der Waals surface area contributed by atoms with Crippen LogP contribution in [0.2, 0.25) is 0 Å². The molecule has 0 aromatic heterocycles. The molecular formula is C5H11N2O2S-. The summed E-state index contributed by atoms with van der Waals surface area (Å²) in [6, 6.07) is 0.284. The van der Waals surface area contributed by atoms with Crippen LogP contribution in [-0.4, -0.2) is 38.7 Å². The van der Waals surface area contributed by atoms with E-state index >= 15 is 0 Å². The minimum absolute atomic E-state index is 0.284. The fraction of sp³-hybridized carbons (Fsp3) is 1.00. The molecule has 1 N–H and O–H groups in total. The SMILES string of the molecule is CC1CN(S(=O)[O-])CCN1. The van der Waals surface area contributed by atoms with Crippen LogP contribution in [0.15, 0.2) is 0 Å². The van der Waals surface area contributed by atoms with Gasteiger partial charge in [-0.15, -0.1) is 0 Å². The van der Waals surface area contributed by atoms with E-state index in [0.717, 1.165) is 6.54 Å². The number of nitrogens with zero attached hydrogens (tertiary/aromatic N) is 1. The molecule has 4 nitrogen and oxygen atoms in total. The van der Waals surface area contributed by atoms with Gasteiger partial charge in [0.05, 0.1) is 0 Å². The van der Waals surface area contributed by atoms with Gasteiger partial charge in [0.2, 0.25) is 0 Å². The van der Waals surface area contributed by atoms with Crippen molar-refractivity contribution >= 4 is 11.3 Å². The lowest BCUT2D eigenvalue weighted by atomic mass is 10.3. The Balaban J connectivity index is 2.39. The predicted octanol–water partition coefficient (Wildman–Crippen LogP) is -0.926. The summed E-state index contributed by atoms with van der Waals surface area (Å²) in [6.45, 7) is 3.92. The second kappa shape index (κ2) is 3.43. The van der Waals surface area contributed by atoms with Gasteiger partial charge in [0, 0.05) is 36.9 Å². The molecule has 0 radical (unpaired) electrons. The molecule has 1 aliphatic rings. The molecule has 1 fully saturated rings. The van der Waals surface area contributed by atoms with Crippen LogP contribution in [0, 0.1) is 0 Å². The zero-order valence-corrected chi connectivity index (χ0v) is 6.69. The fourth-order valence-electron chi connectivity index (χ4n) is 1.03. The molecular weight excluding hydrogens is 152 g/mol. The summed E-state index contributed by atoms with van der Waals surface area (Å²) >= 11 is -2.03. The molecule has 10 heavy (non-hydrogen) atoms. The molecule has 0 aromatic rings. The molecule has 1 heterocycles. The molecule has 0 saturated carbocycles. The summed E-state index contributed by atoms with van der Waals surface area (Å²) < 4.78 is 22.2. The highest BCUT2D eigenvalue weighted by Crippen LogP contribution is 1.99. The van der Waals surface area contributed by atoms with Crippen LogP contribution in [0.25, 0.3) is 0 Å². The second-order valence-electron chi connectivity index (χ2n) is 2.46. The van der Waals surface area contributed by atoms with Crippen molar-refractivity contribution in [2.75, 3.05) is 19.6 Å². The molecule has 60 valence electrons. The van der Waals surface area contributed by atoms with Crippen LogP contribution < -0.4 is 5.32 Å². The Hall–Kier alpha value is 0.0300. The Bertz CT molecular complexity index is 142. The summed E-state index contributed by atoms with van der Waals surface area (Å²) in [5, 5.41) is 3.15. The third kappa shape index (κ3) is 2.02. The standard InChI is InChI=1S/C5H12N2O2S/c1-5-4-7(10(8)9)3-2-6-5/h5-6H,2-4H2,1H3,(H,8,9)/p-1. The number of hydrogen-bond acceptors (Lipinski definition) is 3. The monoisotopic (exact) mass is 163 g/mol. The Morgan fingerprint density at radius 2 is 2.50 bits per heavy atom. The summed E-state index contributed by atoms with van der Waals surface area (Å²) in [5.41, 5.74) is 0. The summed E-state index contributed by atoms with van der Waals surface area (Å²) in [6.07, 6.45) is 0. The van der Waals surface area contributed by atoms with Crippen LogP contribution in [-0.2, 0) is 11.3 Å². The fourth-order valence-corrected chi connectivity index (χ4v) is 1.62. The van der Waals surface area contributed by atoms with Gasteiger partial charge in [-0.05, 0) is 6.92 Å². The number of nitrogens with one attached hydrogen (secondary N) is 1. The van der Waals surface area contributed by atoms with E-state index < -0.39 is 11.3 Å². The van der Waals surface area contributed by atoms with Gasteiger partial charge in [0.25, 0.3) is 0 Å². The molecule has 1 aliphatic heterocycles. The van der Waals surface area contributed by atoms with Crippen LogP contribution in [0.1, 0.15) is 6.92 Å². The molecule has 0 bridgehead atoms. The number of piperazine rings is 1. The first kappa shape index (κ1) is 8.13. The Morgan fingerprint density at radius 1 is 1.80 bits per heavy atom. The van der Waals surface area contributed by atoms with Crippen molar-refractivity contribution in [3.8, 4) is 0 Å². The van der Waals surface area contributed by atoms with Gasteiger partial charge in [0.1, 0.15) is 0 Å². The lowest BCUT2D eigenvalue weighted by Gasteiger charge is -2.32. The molecule has 0 aromatic carbocycles. The second-order valence-corrected chi connectivity index (χ2v) is 3.41. The maximum atomic E-state index is 10.4. The van der Waals surface area contributed by atoms with Crippen molar-refractivity contribution < 1.29 is 8.76 Å². The largest absolute Gasteiger partial charge is 0.760 e. The average Bonchev–Trinajstić information content (AvgIpc) is 1.88. The van der Waals surface area contributed by atoms with Crippen LogP contribution in [0.4, 0.5) is 0 Å². The molecule has 5 heteroatoms. The van der Waals surface area contributed by atoms with Crippen molar-refractivity contribution in [1.29, 1.82) is 0 Å². The highest BCUT2D eigenvalue weighted by Gasteiger charge is 2.14. The first-order valence-corrected chi connectivity index (χ1v) is 4.31. The van der Waals surface area contributed by atoms with E-state index in [2.05, 4.69) is 5.32 Å². The van der Waals surface area contributed by atoms with Gasteiger partial charge >= 0.3 is 0 Å². The number of rotatable bonds is 1. The van der Waals surface area contributed by atoms with E-state index in [1.807, 2.05) is 6.92 Å². The van der Waals surface area contributed by atoms with Gasteiger partial charge in [0.15, 0.2) is 0 Å². The highest BCUT2D eigenvalue weighted by molar-refractivity contribution is 7.76. The smallest absolute Gasteiger partial charge is 0.0254 e. The Labute approximate surface area is 63.0 Å². The molecule has 2 atom stereocenters. The average molecular weight is 163 g/mol. The molecule has 1 saturated heterocycles. The summed E-state index contributed by atoms with van der Waals surface area (Å²) in [5.74, 6) is 0. The van der Waals surface area contributed by atoms with Gasteiger partial charge in [-0.3, -0.25) is 4.21 Å². The topological polar surface area (TPSA) is 55.4 Å². The first-order chi connectivity index (χ1) is 4.70. The van der Waals surface area contributed by atoms with Crippen LogP contribution in [0.3, 0.4) is 0 Å². The van der Waals surface area contributed by atoms with E-state index in [1.54, 1.807) is 0 Å². The maximum absolute atomic E-state index is 10.4. The minimum Gasteiger partial charge on any atom is -0.760 e. The Morgan fingerprint density at radius 3 is 2.90 bits per heavy atom. The third-order valence-electron chi connectivity index (χ3n) is 1.54. The van der Waals surface area contributed by atoms with E-state index in [9.17, 15) is 8.76 Å². The number of hydrogen-bond donors (Lipinski definition) is 1. The van der Waals surface area contributed by atoms with Crippen LogP contribution in [0.5, 0.6) is 0 Å². The van der Waals surface area contributed by atoms with E-state index in [4.69, 9.17) is 0 Å². The molecule has 0 amide bonds. The quantitative estimate of drug-likeness (QED) is 0.508. The lowest BCUT2D eigenvalue weighted by Crippen LogP contribution is -2.49. The van der Waals surface area contributed by atoms with E-state index in [0.29, 0.717) is 13.1 Å². The van der Waals surface area contributed by atoms with E-state index in [1.165, 1.54) is 4.31 Å². The Kier molecular flexibility index (Phi) is 2.79. The zero-order valence-electron chi connectivity index (χ0n) is 5.87. The van der Waals surface area contributed by atoms with Gasteiger partial charge in [-0.1, -0.05) is 0 Å². The zero-order chi connectivity index (χ0) is 7.56.